The molecule has 21 heavy (non-hydrogen) atoms. The fourth-order valence-electron chi connectivity index (χ4n) is 1.65. The SMILES string of the molecule is COC(=O)c1cc(N)ccc1S(=O)(=O)Nc1cc(C)no1. The van der Waals surface area contributed by atoms with Crippen LogP contribution in [0.15, 0.2) is 33.7 Å². The first-order valence-electron chi connectivity index (χ1n) is 5.77. The van der Waals surface area contributed by atoms with E-state index in [1.165, 1.54) is 24.3 Å². The number of nitrogen functional groups attached to an aromatic ring is 1. The van der Waals surface area contributed by atoms with Crippen molar-refractivity contribution in [3.8, 4) is 0 Å². The van der Waals surface area contributed by atoms with Crippen LogP contribution in [0, 0.1) is 6.92 Å². The molecule has 1 aromatic heterocycles. The number of carbonyl (C=O) groups is 1. The Morgan fingerprint density at radius 2 is 2.10 bits per heavy atom. The van der Waals surface area contributed by atoms with Crippen LogP contribution in [0.2, 0.25) is 0 Å². The minimum absolute atomic E-state index is 0.0554. The van der Waals surface area contributed by atoms with Gasteiger partial charge < -0.3 is 15.0 Å². The molecule has 9 heteroatoms. The summed E-state index contributed by atoms with van der Waals surface area (Å²) in [6, 6.07) is 5.22. The summed E-state index contributed by atoms with van der Waals surface area (Å²) in [5.74, 6) is -0.864. The number of carbonyl (C=O) groups excluding carboxylic acids is 1. The standard InChI is InChI=1S/C12H13N3O5S/c1-7-5-11(20-14-7)15-21(17,18)10-4-3-8(13)6-9(10)12(16)19-2/h3-6,15H,13H2,1-2H3. The van der Waals surface area contributed by atoms with Crippen LogP contribution in [0.5, 0.6) is 0 Å². The molecule has 0 unspecified atom stereocenters. The fourth-order valence-corrected chi connectivity index (χ4v) is 2.80. The maximum Gasteiger partial charge on any atom is 0.339 e. The number of anilines is 2. The predicted octanol–water partition coefficient (Wildman–Crippen LogP) is 1.15. The van der Waals surface area contributed by atoms with E-state index >= 15 is 0 Å². The lowest BCUT2D eigenvalue weighted by Crippen LogP contribution is -2.17. The summed E-state index contributed by atoms with van der Waals surface area (Å²) >= 11 is 0. The van der Waals surface area contributed by atoms with E-state index < -0.39 is 16.0 Å². The van der Waals surface area contributed by atoms with Gasteiger partial charge in [-0.3, -0.25) is 0 Å². The van der Waals surface area contributed by atoms with Crippen LogP contribution in [0.3, 0.4) is 0 Å². The van der Waals surface area contributed by atoms with Crippen molar-refractivity contribution in [2.45, 2.75) is 11.8 Å². The first kappa shape index (κ1) is 14.9. The number of nitrogens with zero attached hydrogens (tertiary/aromatic N) is 1. The molecule has 0 aliphatic heterocycles. The minimum Gasteiger partial charge on any atom is -0.465 e. The molecule has 112 valence electrons. The summed E-state index contributed by atoms with van der Waals surface area (Å²) in [7, 11) is -2.89. The van der Waals surface area contributed by atoms with Crippen molar-refractivity contribution in [1.82, 2.24) is 5.16 Å². The van der Waals surface area contributed by atoms with E-state index in [1.807, 2.05) is 0 Å². The quantitative estimate of drug-likeness (QED) is 0.641. The lowest BCUT2D eigenvalue weighted by Gasteiger charge is -2.10. The zero-order valence-corrected chi connectivity index (χ0v) is 12.1. The minimum atomic E-state index is -4.04. The van der Waals surface area contributed by atoms with Crippen LogP contribution in [0.25, 0.3) is 0 Å². The van der Waals surface area contributed by atoms with Crippen LogP contribution in [0.4, 0.5) is 11.6 Å². The lowest BCUT2D eigenvalue weighted by molar-refractivity contribution is 0.0596. The number of hydrogen-bond donors (Lipinski definition) is 2. The summed E-state index contributed by atoms with van der Waals surface area (Å²) in [5.41, 5.74) is 6.15. The van der Waals surface area contributed by atoms with Crippen LogP contribution in [-0.2, 0) is 14.8 Å². The molecule has 0 saturated heterocycles. The molecule has 0 aliphatic rings. The summed E-state index contributed by atoms with van der Waals surface area (Å²) < 4.78 is 36.2. The molecule has 0 amide bonds. The Bertz CT molecular complexity index is 782. The van der Waals surface area contributed by atoms with Gasteiger partial charge in [-0.05, 0) is 25.1 Å². The highest BCUT2D eigenvalue weighted by molar-refractivity contribution is 7.92. The number of esters is 1. The Morgan fingerprint density at radius 1 is 1.38 bits per heavy atom. The molecule has 0 spiro atoms. The molecule has 0 atom stereocenters. The molecule has 0 radical (unpaired) electrons. The van der Waals surface area contributed by atoms with Gasteiger partial charge in [-0.1, -0.05) is 5.16 Å². The summed E-state index contributed by atoms with van der Waals surface area (Å²) in [6.07, 6.45) is 0. The number of hydrogen-bond acceptors (Lipinski definition) is 7. The number of rotatable bonds is 4. The van der Waals surface area contributed by atoms with Crippen molar-refractivity contribution in [3.63, 3.8) is 0 Å². The number of nitrogens with two attached hydrogens (primary N) is 1. The number of sulfonamides is 1. The van der Waals surface area contributed by atoms with Crippen molar-refractivity contribution in [2.75, 3.05) is 17.6 Å². The number of nitrogens with one attached hydrogen (secondary N) is 1. The monoisotopic (exact) mass is 311 g/mol. The molecule has 0 saturated carbocycles. The van der Waals surface area contributed by atoms with Crippen molar-refractivity contribution < 1.29 is 22.5 Å². The molecule has 0 aliphatic carbocycles. The van der Waals surface area contributed by atoms with E-state index in [-0.39, 0.29) is 22.0 Å². The fraction of sp³-hybridized carbons (Fsp3) is 0.167. The van der Waals surface area contributed by atoms with E-state index in [2.05, 4.69) is 14.6 Å². The van der Waals surface area contributed by atoms with Crippen molar-refractivity contribution >= 4 is 27.6 Å². The number of benzene rings is 1. The maximum atomic E-state index is 12.3. The van der Waals surface area contributed by atoms with Crippen molar-refractivity contribution in [3.05, 3.63) is 35.5 Å². The Hall–Kier alpha value is -2.55. The van der Waals surface area contributed by atoms with Crippen molar-refractivity contribution in [2.24, 2.45) is 0 Å². The highest BCUT2D eigenvalue weighted by atomic mass is 32.2. The summed E-state index contributed by atoms with van der Waals surface area (Å²) in [5, 5.41) is 3.57. The molecule has 1 aromatic carbocycles. The second-order valence-corrected chi connectivity index (χ2v) is 5.84. The zero-order valence-electron chi connectivity index (χ0n) is 11.3. The first-order valence-corrected chi connectivity index (χ1v) is 7.26. The Kier molecular flexibility index (Phi) is 3.85. The molecule has 2 rings (SSSR count). The summed E-state index contributed by atoms with van der Waals surface area (Å²) in [4.78, 5) is 11.4. The largest absolute Gasteiger partial charge is 0.465 e. The summed E-state index contributed by atoms with van der Waals surface area (Å²) in [6.45, 7) is 1.64. The smallest absolute Gasteiger partial charge is 0.339 e. The number of ether oxygens (including phenoxy) is 1. The van der Waals surface area contributed by atoms with Gasteiger partial charge in [0.2, 0.25) is 5.88 Å². The van der Waals surface area contributed by atoms with Gasteiger partial charge in [-0.2, -0.15) is 0 Å². The average molecular weight is 311 g/mol. The molecule has 8 nitrogen and oxygen atoms in total. The third-order valence-corrected chi connectivity index (χ3v) is 3.97. The molecule has 1 heterocycles. The number of aryl methyl sites for hydroxylation is 1. The van der Waals surface area contributed by atoms with Gasteiger partial charge in [0.05, 0.1) is 18.4 Å². The third kappa shape index (κ3) is 3.14. The number of methoxy groups -OCH3 is 1. The van der Waals surface area contributed by atoms with E-state index in [0.29, 0.717) is 5.69 Å². The van der Waals surface area contributed by atoms with Crippen LogP contribution in [0.1, 0.15) is 16.1 Å². The van der Waals surface area contributed by atoms with Crippen molar-refractivity contribution in [1.29, 1.82) is 0 Å². The van der Waals surface area contributed by atoms with Gasteiger partial charge >= 0.3 is 5.97 Å². The first-order chi connectivity index (χ1) is 9.83. The molecular weight excluding hydrogens is 298 g/mol. The lowest BCUT2D eigenvalue weighted by atomic mass is 10.2. The van der Waals surface area contributed by atoms with Gasteiger partial charge in [0.1, 0.15) is 4.90 Å². The van der Waals surface area contributed by atoms with Gasteiger partial charge in [0.25, 0.3) is 10.0 Å². The molecule has 2 aromatic rings. The second-order valence-electron chi connectivity index (χ2n) is 4.19. The highest BCUT2D eigenvalue weighted by Crippen LogP contribution is 2.23. The van der Waals surface area contributed by atoms with E-state index in [1.54, 1.807) is 6.92 Å². The highest BCUT2D eigenvalue weighted by Gasteiger charge is 2.24. The predicted molar refractivity (Wildman–Crippen MR) is 74.2 cm³/mol. The Morgan fingerprint density at radius 3 is 2.67 bits per heavy atom. The molecule has 3 N–H and O–H groups in total. The van der Waals surface area contributed by atoms with Crippen LogP contribution in [-0.4, -0.2) is 26.7 Å². The van der Waals surface area contributed by atoms with E-state index in [9.17, 15) is 13.2 Å². The molecular formula is C12H13N3O5S. The Balaban J connectivity index is 2.46. The third-order valence-electron chi connectivity index (χ3n) is 2.56. The van der Waals surface area contributed by atoms with E-state index in [4.69, 9.17) is 10.3 Å². The maximum absolute atomic E-state index is 12.3. The molecule has 0 fully saturated rings. The molecule has 0 bridgehead atoms. The Labute approximate surface area is 120 Å². The van der Waals surface area contributed by atoms with Gasteiger partial charge in [-0.15, -0.1) is 0 Å². The second kappa shape index (κ2) is 5.44. The zero-order chi connectivity index (χ0) is 15.6. The van der Waals surface area contributed by atoms with Gasteiger partial charge in [0, 0.05) is 11.8 Å². The average Bonchev–Trinajstić information content (AvgIpc) is 2.82. The number of aromatic nitrogens is 1. The van der Waals surface area contributed by atoms with Crippen LogP contribution >= 0.6 is 0 Å². The van der Waals surface area contributed by atoms with Gasteiger partial charge in [0.15, 0.2) is 0 Å². The van der Waals surface area contributed by atoms with E-state index in [0.717, 1.165) is 7.11 Å². The van der Waals surface area contributed by atoms with Crippen LogP contribution < -0.4 is 10.5 Å². The van der Waals surface area contributed by atoms with Gasteiger partial charge in [-0.25, -0.2) is 17.9 Å². The topological polar surface area (TPSA) is 125 Å². The normalized spacial score (nSPS) is 11.1.